The van der Waals surface area contributed by atoms with Crippen LogP contribution in [0.25, 0.3) is 11.7 Å². The van der Waals surface area contributed by atoms with Gasteiger partial charge in [-0.3, -0.25) is 0 Å². The van der Waals surface area contributed by atoms with Crippen molar-refractivity contribution in [1.82, 2.24) is 20.2 Å². The van der Waals surface area contributed by atoms with Crippen LogP contribution in [-0.2, 0) is 6.18 Å². The second kappa shape index (κ2) is 4.20. The lowest BCUT2D eigenvalue weighted by atomic mass is 10.3. The van der Waals surface area contributed by atoms with Gasteiger partial charge in [-0.05, 0) is 0 Å². The number of methoxy groups -OCH3 is 1. The smallest absolute Gasteiger partial charge is 0.426 e. The average Bonchev–Trinajstić information content (AvgIpc) is 2.79. The molecule has 0 amide bonds. The van der Waals surface area contributed by atoms with Crippen molar-refractivity contribution in [1.29, 1.82) is 0 Å². The van der Waals surface area contributed by atoms with E-state index in [0.29, 0.717) is 0 Å². The van der Waals surface area contributed by atoms with Gasteiger partial charge in [-0.1, -0.05) is 0 Å². The molecule has 2 heterocycles. The lowest BCUT2D eigenvalue weighted by Gasteiger charge is -2.11. The summed E-state index contributed by atoms with van der Waals surface area (Å²) in [5, 5.41) is 6.62. The lowest BCUT2D eigenvalue weighted by Crippen LogP contribution is -2.14. The van der Waals surface area contributed by atoms with E-state index in [9.17, 15) is 17.6 Å². The fourth-order valence-corrected chi connectivity index (χ4v) is 1.17. The molecule has 0 fully saturated rings. The Hall–Kier alpha value is -2.26. The predicted octanol–water partition coefficient (Wildman–Crippen LogP) is 1.69. The standard InChI is InChI=1S/C8H4F4N4O2/c1-17-6-3(8(10,11)12)4(9)14-5(15-6)7-16-13-2-18-7/h2H,1H3. The first-order chi connectivity index (χ1) is 8.43. The third kappa shape index (κ3) is 2.08. The molecule has 2 aromatic heterocycles. The highest BCUT2D eigenvalue weighted by molar-refractivity contribution is 5.43. The van der Waals surface area contributed by atoms with E-state index in [4.69, 9.17) is 0 Å². The van der Waals surface area contributed by atoms with E-state index in [1.807, 2.05) is 0 Å². The first-order valence-electron chi connectivity index (χ1n) is 4.38. The van der Waals surface area contributed by atoms with Gasteiger partial charge >= 0.3 is 6.18 Å². The SMILES string of the molecule is COc1nc(-c2nnco2)nc(F)c1C(F)(F)F. The summed E-state index contributed by atoms with van der Waals surface area (Å²) in [7, 11) is 0.925. The number of hydrogen-bond donors (Lipinski definition) is 0. The zero-order chi connectivity index (χ0) is 13.3. The highest BCUT2D eigenvalue weighted by Crippen LogP contribution is 2.37. The Morgan fingerprint density at radius 1 is 1.28 bits per heavy atom. The number of halogens is 4. The minimum atomic E-state index is -4.97. The largest absolute Gasteiger partial charge is 0.480 e. The van der Waals surface area contributed by atoms with Gasteiger partial charge in [0.1, 0.15) is 0 Å². The zero-order valence-corrected chi connectivity index (χ0v) is 8.69. The normalized spacial score (nSPS) is 11.6. The van der Waals surface area contributed by atoms with E-state index in [-0.39, 0.29) is 5.89 Å². The molecule has 10 heteroatoms. The molecule has 0 radical (unpaired) electrons. The molecule has 0 aromatic carbocycles. The summed E-state index contributed by atoms with van der Waals surface area (Å²) in [6.07, 6.45) is -4.07. The molecule has 0 aliphatic heterocycles. The number of rotatable bonds is 2. The van der Waals surface area contributed by atoms with Crippen LogP contribution >= 0.6 is 0 Å². The number of ether oxygens (including phenoxy) is 1. The van der Waals surface area contributed by atoms with Gasteiger partial charge in [-0.15, -0.1) is 10.2 Å². The molecule has 0 unspecified atom stereocenters. The van der Waals surface area contributed by atoms with Crippen LogP contribution in [0.15, 0.2) is 10.8 Å². The summed E-state index contributed by atoms with van der Waals surface area (Å²) in [5.41, 5.74) is -1.69. The highest BCUT2D eigenvalue weighted by atomic mass is 19.4. The first kappa shape index (κ1) is 12.2. The van der Waals surface area contributed by atoms with Gasteiger partial charge in [0.05, 0.1) is 7.11 Å². The Bertz CT molecular complexity index is 555. The molecule has 0 bridgehead atoms. The van der Waals surface area contributed by atoms with Crippen molar-refractivity contribution >= 4 is 0 Å². The number of hydrogen-bond acceptors (Lipinski definition) is 6. The summed E-state index contributed by atoms with van der Waals surface area (Å²) in [4.78, 5) is 6.39. The Kier molecular flexibility index (Phi) is 2.85. The molecule has 2 rings (SSSR count). The second-order valence-electron chi connectivity index (χ2n) is 2.96. The van der Waals surface area contributed by atoms with Crippen LogP contribution in [-0.4, -0.2) is 27.3 Å². The van der Waals surface area contributed by atoms with Crippen LogP contribution in [0.4, 0.5) is 17.6 Å². The van der Waals surface area contributed by atoms with Crippen molar-refractivity contribution in [3.63, 3.8) is 0 Å². The molecule has 18 heavy (non-hydrogen) atoms. The number of nitrogens with zero attached hydrogens (tertiary/aromatic N) is 4. The molecule has 0 saturated heterocycles. The Morgan fingerprint density at radius 2 is 2.00 bits per heavy atom. The molecular weight excluding hydrogens is 260 g/mol. The fraction of sp³-hybridized carbons (Fsp3) is 0.250. The van der Waals surface area contributed by atoms with E-state index in [1.54, 1.807) is 0 Å². The van der Waals surface area contributed by atoms with Gasteiger partial charge in [-0.2, -0.15) is 27.5 Å². The van der Waals surface area contributed by atoms with Crippen molar-refractivity contribution in [3.05, 3.63) is 17.9 Å². The summed E-state index contributed by atoms with van der Waals surface area (Å²) < 4.78 is 59.9. The van der Waals surface area contributed by atoms with Gasteiger partial charge in [0.25, 0.3) is 5.89 Å². The summed E-state index contributed by atoms with van der Waals surface area (Å²) in [6, 6.07) is 0. The maximum Gasteiger partial charge on any atom is 0.426 e. The van der Waals surface area contributed by atoms with Gasteiger partial charge in [-0.25, -0.2) is 0 Å². The molecule has 0 spiro atoms. The third-order valence-corrected chi connectivity index (χ3v) is 1.86. The quantitative estimate of drug-likeness (QED) is 0.607. The monoisotopic (exact) mass is 264 g/mol. The van der Waals surface area contributed by atoms with Gasteiger partial charge in [0, 0.05) is 0 Å². The van der Waals surface area contributed by atoms with Crippen molar-refractivity contribution in [2.24, 2.45) is 0 Å². The van der Waals surface area contributed by atoms with Crippen LogP contribution in [0.5, 0.6) is 5.88 Å². The van der Waals surface area contributed by atoms with Crippen LogP contribution in [0.2, 0.25) is 0 Å². The van der Waals surface area contributed by atoms with E-state index in [0.717, 1.165) is 13.5 Å². The molecule has 0 saturated carbocycles. The van der Waals surface area contributed by atoms with Crippen molar-refractivity contribution in [2.45, 2.75) is 6.18 Å². The molecule has 2 aromatic rings. The molecule has 0 N–H and O–H groups in total. The highest BCUT2D eigenvalue weighted by Gasteiger charge is 2.40. The molecular formula is C8H4F4N4O2. The Morgan fingerprint density at radius 3 is 2.50 bits per heavy atom. The molecule has 0 aliphatic rings. The molecule has 0 aliphatic carbocycles. The number of aromatic nitrogens is 4. The number of alkyl halides is 3. The minimum Gasteiger partial charge on any atom is -0.480 e. The maximum atomic E-state index is 13.3. The van der Waals surface area contributed by atoms with Crippen molar-refractivity contribution in [2.75, 3.05) is 7.11 Å². The summed E-state index contributed by atoms with van der Waals surface area (Å²) >= 11 is 0. The second-order valence-corrected chi connectivity index (χ2v) is 2.96. The lowest BCUT2D eigenvalue weighted by molar-refractivity contribution is -0.142. The van der Waals surface area contributed by atoms with Crippen molar-refractivity contribution in [3.8, 4) is 17.6 Å². The Balaban J connectivity index is 2.61. The van der Waals surface area contributed by atoms with Crippen LogP contribution in [0.3, 0.4) is 0 Å². The van der Waals surface area contributed by atoms with E-state index in [2.05, 4.69) is 29.3 Å². The van der Waals surface area contributed by atoms with Crippen LogP contribution < -0.4 is 4.74 Å². The predicted molar refractivity (Wildman–Crippen MR) is 46.8 cm³/mol. The summed E-state index contributed by atoms with van der Waals surface area (Å²) in [5.74, 6) is -3.54. The summed E-state index contributed by atoms with van der Waals surface area (Å²) in [6.45, 7) is 0. The van der Waals surface area contributed by atoms with Crippen molar-refractivity contribution < 1.29 is 26.7 Å². The molecule has 0 atom stereocenters. The van der Waals surface area contributed by atoms with Gasteiger partial charge in [0.2, 0.25) is 24.0 Å². The van der Waals surface area contributed by atoms with E-state index >= 15 is 0 Å². The third-order valence-electron chi connectivity index (χ3n) is 1.86. The average molecular weight is 264 g/mol. The fourth-order valence-electron chi connectivity index (χ4n) is 1.17. The van der Waals surface area contributed by atoms with E-state index < -0.39 is 29.4 Å². The first-order valence-corrected chi connectivity index (χ1v) is 4.38. The van der Waals surface area contributed by atoms with Gasteiger partial charge < -0.3 is 9.15 Å². The van der Waals surface area contributed by atoms with E-state index in [1.165, 1.54) is 0 Å². The maximum absolute atomic E-state index is 13.3. The molecule has 6 nitrogen and oxygen atoms in total. The van der Waals surface area contributed by atoms with Crippen LogP contribution in [0.1, 0.15) is 5.56 Å². The minimum absolute atomic E-state index is 0.319. The van der Waals surface area contributed by atoms with Crippen LogP contribution in [0, 0.1) is 5.95 Å². The van der Waals surface area contributed by atoms with Gasteiger partial charge in [0.15, 0.2) is 5.56 Å². The topological polar surface area (TPSA) is 73.9 Å². The zero-order valence-electron chi connectivity index (χ0n) is 8.69. The Labute approximate surface area is 96.6 Å². The molecule has 96 valence electrons.